The molecular formula is C15H26ClN3O3. The molecule has 0 aromatic heterocycles. The lowest BCUT2D eigenvalue weighted by molar-refractivity contribution is -0.142. The van der Waals surface area contributed by atoms with Crippen LogP contribution in [-0.2, 0) is 14.3 Å². The number of nitrogens with one attached hydrogen (secondary N) is 1. The first-order chi connectivity index (χ1) is 10.2. The normalized spacial score (nSPS) is 27.1. The maximum absolute atomic E-state index is 12.8. The van der Waals surface area contributed by atoms with Gasteiger partial charge in [0, 0.05) is 20.1 Å². The van der Waals surface area contributed by atoms with E-state index in [1.165, 1.54) is 0 Å². The average molecular weight is 332 g/mol. The minimum absolute atomic E-state index is 0. The summed E-state index contributed by atoms with van der Waals surface area (Å²) in [5, 5.41) is 2.78. The van der Waals surface area contributed by atoms with Gasteiger partial charge in [0.25, 0.3) is 0 Å². The first-order valence-electron chi connectivity index (χ1n) is 8.06. The van der Waals surface area contributed by atoms with Gasteiger partial charge in [0.05, 0.1) is 25.3 Å². The van der Waals surface area contributed by atoms with Crippen molar-refractivity contribution in [3.63, 3.8) is 0 Å². The van der Waals surface area contributed by atoms with Gasteiger partial charge in [-0.3, -0.25) is 14.5 Å². The maximum Gasteiger partial charge on any atom is 0.240 e. The summed E-state index contributed by atoms with van der Waals surface area (Å²) in [6.07, 6.45) is 4.08. The molecule has 2 atom stereocenters. The lowest BCUT2D eigenvalue weighted by Gasteiger charge is -2.35. The molecule has 3 fully saturated rings. The molecule has 2 aliphatic heterocycles. The molecule has 3 rings (SSSR count). The van der Waals surface area contributed by atoms with Gasteiger partial charge in [-0.15, -0.1) is 12.4 Å². The van der Waals surface area contributed by atoms with Crippen molar-refractivity contribution in [2.45, 2.75) is 37.8 Å². The van der Waals surface area contributed by atoms with Gasteiger partial charge in [-0.1, -0.05) is 0 Å². The Balaban J connectivity index is 0.00000176. The van der Waals surface area contributed by atoms with E-state index in [0.29, 0.717) is 32.2 Å². The van der Waals surface area contributed by atoms with E-state index in [9.17, 15) is 9.59 Å². The van der Waals surface area contributed by atoms with Crippen LogP contribution in [0.1, 0.15) is 25.7 Å². The number of likely N-dealkylation sites (tertiary alicyclic amines) is 1. The molecule has 2 saturated heterocycles. The van der Waals surface area contributed by atoms with Crippen molar-refractivity contribution >= 4 is 24.2 Å². The minimum atomic E-state index is -0.119. The largest absolute Gasteiger partial charge is 0.378 e. The number of halogens is 1. The van der Waals surface area contributed by atoms with Crippen LogP contribution in [0, 0.1) is 5.92 Å². The Morgan fingerprint density at radius 3 is 2.41 bits per heavy atom. The van der Waals surface area contributed by atoms with E-state index in [-0.39, 0.29) is 36.3 Å². The molecule has 6 nitrogen and oxygen atoms in total. The van der Waals surface area contributed by atoms with Crippen molar-refractivity contribution in [2.24, 2.45) is 5.92 Å². The highest BCUT2D eigenvalue weighted by Crippen LogP contribution is 2.38. The third-order valence-electron chi connectivity index (χ3n) is 4.84. The predicted octanol–water partition coefficient (Wildman–Crippen LogP) is 0.256. The van der Waals surface area contributed by atoms with Crippen LogP contribution in [0.15, 0.2) is 0 Å². The second-order valence-electron chi connectivity index (χ2n) is 6.23. The number of nitrogens with zero attached hydrogens (tertiary/aromatic N) is 2. The second-order valence-corrected chi connectivity index (χ2v) is 6.23. The summed E-state index contributed by atoms with van der Waals surface area (Å²) in [5.74, 6) is 0.688. The van der Waals surface area contributed by atoms with E-state index in [2.05, 4.69) is 10.2 Å². The second kappa shape index (κ2) is 7.62. The molecule has 1 aliphatic carbocycles. The Morgan fingerprint density at radius 1 is 1.14 bits per heavy atom. The fourth-order valence-corrected chi connectivity index (χ4v) is 3.58. The van der Waals surface area contributed by atoms with Gasteiger partial charge in [0.2, 0.25) is 11.8 Å². The van der Waals surface area contributed by atoms with E-state index < -0.39 is 0 Å². The zero-order valence-corrected chi connectivity index (χ0v) is 13.9. The number of morpholine rings is 1. The third-order valence-corrected chi connectivity index (χ3v) is 4.84. The van der Waals surface area contributed by atoms with Crippen LogP contribution in [0.3, 0.4) is 0 Å². The first-order valence-corrected chi connectivity index (χ1v) is 8.06. The van der Waals surface area contributed by atoms with E-state index in [1.54, 1.807) is 7.05 Å². The molecule has 0 aromatic carbocycles. The Kier molecular flexibility index (Phi) is 6.06. The highest BCUT2D eigenvalue weighted by atomic mass is 35.5. The van der Waals surface area contributed by atoms with Crippen LogP contribution in [0.2, 0.25) is 0 Å². The van der Waals surface area contributed by atoms with E-state index in [1.807, 2.05) is 4.90 Å². The number of likely N-dealkylation sites (N-methyl/N-ethyl adjacent to an activating group) is 1. The molecule has 7 heteroatoms. The number of carbonyl (C=O) groups excluding carboxylic acids is 2. The lowest BCUT2D eigenvalue weighted by atomic mass is 10.1. The molecular weight excluding hydrogens is 306 g/mol. The van der Waals surface area contributed by atoms with E-state index in [0.717, 1.165) is 32.2 Å². The fraction of sp³-hybridized carbons (Fsp3) is 0.867. The molecule has 1 N–H and O–H groups in total. The summed E-state index contributed by atoms with van der Waals surface area (Å²) >= 11 is 0. The van der Waals surface area contributed by atoms with Crippen molar-refractivity contribution in [3.8, 4) is 0 Å². The van der Waals surface area contributed by atoms with Crippen molar-refractivity contribution < 1.29 is 14.3 Å². The van der Waals surface area contributed by atoms with Crippen LogP contribution >= 0.6 is 12.4 Å². The SMILES string of the molecule is CNC(=O)[C@@H](C1CC1)N1CCC[C@H]1C(=O)N1CCOCC1.Cl. The molecule has 0 radical (unpaired) electrons. The highest BCUT2D eigenvalue weighted by Gasteiger charge is 2.46. The van der Waals surface area contributed by atoms with Gasteiger partial charge in [0.1, 0.15) is 0 Å². The number of amides is 2. The maximum atomic E-state index is 12.8. The summed E-state index contributed by atoms with van der Waals surface area (Å²) < 4.78 is 5.32. The minimum Gasteiger partial charge on any atom is -0.378 e. The molecule has 2 amide bonds. The molecule has 0 spiro atoms. The lowest BCUT2D eigenvalue weighted by Crippen LogP contribution is -2.55. The van der Waals surface area contributed by atoms with Crippen LogP contribution in [0.4, 0.5) is 0 Å². The zero-order valence-electron chi connectivity index (χ0n) is 13.1. The van der Waals surface area contributed by atoms with Gasteiger partial charge in [-0.05, 0) is 38.1 Å². The molecule has 0 unspecified atom stereocenters. The van der Waals surface area contributed by atoms with Crippen molar-refractivity contribution in [2.75, 3.05) is 39.9 Å². The first kappa shape index (κ1) is 17.5. The van der Waals surface area contributed by atoms with Crippen LogP contribution in [-0.4, -0.2) is 73.6 Å². The number of ether oxygens (including phenoxy) is 1. The Hall–Kier alpha value is -0.850. The average Bonchev–Trinajstić information content (AvgIpc) is 3.24. The number of carbonyl (C=O) groups is 2. The molecule has 0 bridgehead atoms. The summed E-state index contributed by atoms with van der Waals surface area (Å²) in [4.78, 5) is 29.1. The zero-order chi connectivity index (χ0) is 14.8. The van der Waals surface area contributed by atoms with Crippen LogP contribution < -0.4 is 5.32 Å². The molecule has 126 valence electrons. The van der Waals surface area contributed by atoms with Crippen LogP contribution in [0.25, 0.3) is 0 Å². The Labute approximate surface area is 137 Å². The summed E-state index contributed by atoms with van der Waals surface area (Å²) in [7, 11) is 1.69. The Morgan fingerprint density at radius 2 is 1.82 bits per heavy atom. The molecule has 0 aromatic rings. The van der Waals surface area contributed by atoms with E-state index >= 15 is 0 Å². The van der Waals surface area contributed by atoms with Gasteiger partial charge in [-0.2, -0.15) is 0 Å². The van der Waals surface area contributed by atoms with Gasteiger partial charge in [-0.25, -0.2) is 0 Å². The van der Waals surface area contributed by atoms with Crippen molar-refractivity contribution in [3.05, 3.63) is 0 Å². The quantitative estimate of drug-likeness (QED) is 0.802. The Bertz CT molecular complexity index is 411. The van der Waals surface area contributed by atoms with Crippen molar-refractivity contribution in [1.29, 1.82) is 0 Å². The number of hydrogen-bond donors (Lipinski definition) is 1. The standard InChI is InChI=1S/C15H25N3O3.ClH/c1-16-14(19)13(11-4-5-11)18-6-2-3-12(18)15(20)17-7-9-21-10-8-17;/h11-13H,2-10H2,1H3,(H,16,19);1H/t12-,13+;/m0./s1. The summed E-state index contributed by atoms with van der Waals surface area (Å²) in [6, 6.07) is -0.238. The smallest absolute Gasteiger partial charge is 0.240 e. The fourth-order valence-electron chi connectivity index (χ4n) is 3.58. The number of hydrogen-bond acceptors (Lipinski definition) is 4. The van der Waals surface area contributed by atoms with Crippen molar-refractivity contribution in [1.82, 2.24) is 15.1 Å². The van der Waals surface area contributed by atoms with Gasteiger partial charge >= 0.3 is 0 Å². The monoisotopic (exact) mass is 331 g/mol. The summed E-state index contributed by atoms with van der Waals surface area (Å²) in [6.45, 7) is 3.46. The molecule has 3 aliphatic rings. The van der Waals surface area contributed by atoms with E-state index in [4.69, 9.17) is 4.74 Å². The van der Waals surface area contributed by atoms with Gasteiger partial charge in [0.15, 0.2) is 0 Å². The topological polar surface area (TPSA) is 61.9 Å². The highest BCUT2D eigenvalue weighted by molar-refractivity contribution is 5.86. The van der Waals surface area contributed by atoms with Gasteiger partial charge < -0.3 is 15.0 Å². The molecule has 1 saturated carbocycles. The summed E-state index contributed by atoms with van der Waals surface area (Å²) in [5.41, 5.74) is 0. The third kappa shape index (κ3) is 3.55. The molecule has 2 heterocycles. The predicted molar refractivity (Wildman–Crippen MR) is 85.0 cm³/mol. The van der Waals surface area contributed by atoms with Crippen LogP contribution in [0.5, 0.6) is 0 Å². The number of rotatable bonds is 4. The molecule has 22 heavy (non-hydrogen) atoms.